The van der Waals surface area contributed by atoms with Gasteiger partial charge in [0.25, 0.3) is 0 Å². The molecule has 2 rings (SSSR count). The van der Waals surface area contributed by atoms with Crippen LogP contribution in [-0.4, -0.2) is 36.3 Å². The standard InChI is InChI=1S/C11H19N3OS/c1-8(11-9(2)16-10(3)12-11)13-14-4-6-15-7-5-14/h8,13H,4-7H2,1-3H3. The maximum atomic E-state index is 5.32. The Hall–Kier alpha value is -0.490. The summed E-state index contributed by atoms with van der Waals surface area (Å²) in [5, 5.41) is 3.37. The Morgan fingerprint density at radius 1 is 1.38 bits per heavy atom. The second-order valence-corrected chi connectivity index (χ2v) is 5.53. The summed E-state index contributed by atoms with van der Waals surface area (Å²) < 4.78 is 5.32. The summed E-state index contributed by atoms with van der Waals surface area (Å²) in [6.45, 7) is 9.89. The highest BCUT2D eigenvalue weighted by Gasteiger charge is 2.17. The second kappa shape index (κ2) is 5.23. The van der Waals surface area contributed by atoms with Gasteiger partial charge < -0.3 is 4.74 Å². The Balaban J connectivity index is 1.96. The van der Waals surface area contributed by atoms with Crippen LogP contribution >= 0.6 is 11.3 Å². The van der Waals surface area contributed by atoms with Gasteiger partial charge in [0.1, 0.15) is 0 Å². The first kappa shape index (κ1) is 12.0. The van der Waals surface area contributed by atoms with E-state index in [1.807, 2.05) is 0 Å². The van der Waals surface area contributed by atoms with Gasteiger partial charge in [0, 0.05) is 18.0 Å². The van der Waals surface area contributed by atoms with Crippen molar-refractivity contribution >= 4 is 11.3 Å². The fourth-order valence-corrected chi connectivity index (χ4v) is 2.89. The van der Waals surface area contributed by atoms with Gasteiger partial charge >= 0.3 is 0 Å². The number of hydrogen-bond donors (Lipinski definition) is 1. The number of nitrogens with zero attached hydrogens (tertiary/aromatic N) is 2. The number of hydrazine groups is 1. The molecular weight excluding hydrogens is 222 g/mol. The van der Waals surface area contributed by atoms with Crippen LogP contribution in [0.4, 0.5) is 0 Å². The summed E-state index contributed by atoms with van der Waals surface area (Å²) in [7, 11) is 0. The largest absolute Gasteiger partial charge is 0.379 e. The van der Waals surface area contributed by atoms with E-state index in [9.17, 15) is 0 Å². The minimum Gasteiger partial charge on any atom is -0.379 e. The van der Waals surface area contributed by atoms with Gasteiger partial charge in [-0.05, 0) is 20.8 Å². The molecule has 0 saturated carbocycles. The molecule has 1 aliphatic rings. The fourth-order valence-electron chi connectivity index (χ4n) is 1.97. The monoisotopic (exact) mass is 241 g/mol. The summed E-state index contributed by atoms with van der Waals surface area (Å²) in [6.07, 6.45) is 0. The molecule has 0 radical (unpaired) electrons. The van der Waals surface area contributed by atoms with Crippen molar-refractivity contribution in [2.24, 2.45) is 0 Å². The molecule has 0 aromatic carbocycles. The smallest absolute Gasteiger partial charge is 0.0900 e. The van der Waals surface area contributed by atoms with Crippen LogP contribution in [0.2, 0.25) is 0 Å². The summed E-state index contributed by atoms with van der Waals surface area (Å²) in [6, 6.07) is 0.281. The molecule has 1 unspecified atom stereocenters. The molecule has 1 aromatic heterocycles. The number of nitrogens with one attached hydrogen (secondary N) is 1. The van der Waals surface area contributed by atoms with Gasteiger partial charge in [-0.1, -0.05) is 0 Å². The van der Waals surface area contributed by atoms with Crippen molar-refractivity contribution in [2.75, 3.05) is 26.3 Å². The molecule has 90 valence electrons. The van der Waals surface area contributed by atoms with E-state index in [1.165, 1.54) is 10.6 Å². The number of morpholine rings is 1. The van der Waals surface area contributed by atoms with Crippen molar-refractivity contribution in [1.82, 2.24) is 15.4 Å². The number of aryl methyl sites for hydroxylation is 2. The molecule has 0 bridgehead atoms. The van der Waals surface area contributed by atoms with Crippen LogP contribution in [-0.2, 0) is 4.74 Å². The molecule has 1 fully saturated rings. The Bertz CT molecular complexity index is 347. The average Bonchev–Trinajstić information content (AvgIpc) is 2.59. The maximum Gasteiger partial charge on any atom is 0.0900 e. The first-order chi connectivity index (χ1) is 7.66. The predicted molar refractivity (Wildman–Crippen MR) is 65.5 cm³/mol. The summed E-state index contributed by atoms with van der Waals surface area (Å²) in [5.41, 5.74) is 4.66. The van der Waals surface area contributed by atoms with Gasteiger partial charge in [-0.2, -0.15) is 0 Å². The van der Waals surface area contributed by atoms with E-state index in [2.05, 4.69) is 36.2 Å². The Morgan fingerprint density at radius 3 is 2.62 bits per heavy atom. The normalized spacial score (nSPS) is 19.9. The number of hydrogen-bond acceptors (Lipinski definition) is 5. The average molecular weight is 241 g/mol. The van der Waals surface area contributed by atoms with Gasteiger partial charge in [-0.25, -0.2) is 15.4 Å². The summed E-state index contributed by atoms with van der Waals surface area (Å²) in [5.74, 6) is 0. The Kier molecular flexibility index (Phi) is 3.91. The van der Waals surface area contributed by atoms with E-state index in [-0.39, 0.29) is 6.04 Å². The highest BCUT2D eigenvalue weighted by molar-refractivity contribution is 7.11. The van der Waals surface area contributed by atoms with Crippen molar-refractivity contribution in [1.29, 1.82) is 0 Å². The Labute approximate surface area is 101 Å². The van der Waals surface area contributed by atoms with Crippen molar-refractivity contribution in [3.63, 3.8) is 0 Å². The predicted octanol–water partition coefficient (Wildman–Crippen LogP) is 1.66. The van der Waals surface area contributed by atoms with Crippen LogP contribution in [0, 0.1) is 13.8 Å². The Morgan fingerprint density at radius 2 is 2.06 bits per heavy atom. The van der Waals surface area contributed by atoms with E-state index < -0.39 is 0 Å². The molecule has 0 aliphatic carbocycles. The number of thiazole rings is 1. The van der Waals surface area contributed by atoms with Gasteiger partial charge in [-0.3, -0.25) is 0 Å². The lowest BCUT2D eigenvalue weighted by molar-refractivity contribution is 0.00452. The zero-order valence-electron chi connectivity index (χ0n) is 10.1. The molecule has 1 aliphatic heterocycles. The first-order valence-corrected chi connectivity index (χ1v) is 6.51. The van der Waals surface area contributed by atoms with E-state index >= 15 is 0 Å². The summed E-state index contributed by atoms with van der Waals surface area (Å²) in [4.78, 5) is 5.88. The van der Waals surface area contributed by atoms with Crippen LogP contribution in [0.5, 0.6) is 0 Å². The first-order valence-electron chi connectivity index (χ1n) is 5.69. The van der Waals surface area contributed by atoms with Crippen LogP contribution in [0.1, 0.15) is 28.5 Å². The molecular formula is C11H19N3OS. The van der Waals surface area contributed by atoms with E-state index in [0.717, 1.165) is 31.3 Å². The van der Waals surface area contributed by atoms with Crippen LogP contribution in [0.25, 0.3) is 0 Å². The van der Waals surface area contributed by atoms with Gasteiger partial charge in [0.2, 0.25) is 0 Å². The topological polar surface area (TPSA) is 37.4 Å². The van der Waals surface area contributed by atoms with Gasteiger partial charge in [0.15, 0.2) is 0 Å². The van der Waals surface area contributed by atoms with Gasteiger partial charge in [-0.15, -0.1) is 11.3 Å². The van der Waals surface area contributed by atoms with Crippen LogP contribution in [0.15, 0.2) is 0 Å². The number of rotatable bonds is 3. The quantitative estimate of drug-likeness (QED) is 0.873. The molecule has 4 nitrogen and oxygen atoms in total. The molecule has 5 heteroatoms. The molecule has 1 N–H and O–H groups in total. The van der Waals surface area contributed by atoms with E-state index in [1.54, 1.807) is 11.3 Å². The molecule has 1 atom stereocenters. The third kappa shape index (κ3) is 2.79. The van der Waals surface area contributed by atoms with Crippen molar-refractivity contribution < 1.29 is 4.74 Å². The highest BCUT2D eigenvalue weighted by Crippen LogP contribution is 2.22. The van der Waals surface area contributed by atoms with Crippen molar-refractivity contribution in [3.8, 4) is 0 Å². The third-order valence-corrected chi connectivity index (χ3v) is 3.64. The van der Waals surface area contributed by atoms with Crippen molar-refractivity contribution in [3.05, 3.63) is 15.6 Å². The minimum absolute atomic E-state index is 0.281. The van der Waals surface area contributed by atoms with Crippen molar-refractivity contribution in [2.45, 2.75) is 26.8 Å². The summed E-state index contributed by atoms with van der Waals surface area (Å²) >= 11 is 1.77. The van der Waals surface area contributed by atoms with Crippen LogP contribution < -0.4 is 5.43 Å². The number of aromatic nitrogens is 1. The second-order valence-electron chi connectivity index (χ2n) is 4.12. The fraction of sp³-hybridized carbons (Fsp3) is 0.727. The SMILES string of the molecule is Cc1nc(C(C)NN2CCOCC2)c(C)s1. The minimum atomic E-state index is 0.281. The van der Waals surface area contributed by atoms with E-state index in [4.69, 9.17) is 4.74 Å². The molecule has 2 heterocycles. The molecule has 0 spiro atoms. The molecule has 16 heavy (non-hydrogen) atoms. The van der Waals surface area contributed by atoms with Gasteiger partial charge in [0.05, 0.1) is 30.0 Å². The van der Waals surface area contributed by atoms with Crippen LogP contribution in [0.3, 0.4) is 0 Å². The zero-order chi connectivity index (χ0) is 11.5. The zero-order valence-corrected chi connectivity index (χ0v) is 10.9. The highest BCUT2D eigenvalue weighted by atomic mass is 32.1. The lowest BCUT2D eigenvalue weighted by Gasteiger charge is -2.30. The molecule has 1 saturated heterocycles. The lowest BCUT2D eigenvalue weighted by Crippen LogP contribution is -2.46. The lowest BCUT2D eigenvalue weighted by atomic mass is 10.2. The molecule has 1 aromatic rings. The number of ether oxygens (including phenoxy) is 1. The molecule has 0 amide bonds. The van der Waals surface area contributed by atoms with E-state index in [0.29, 0.717) is 0 Å². The third-order valence-electron chi connectivity index (χ3n) is 2.74. The maximum absolute atomic E-state index is 5.32.